The lowest BCUT2D eigenvalue weighted by atomic mass is 9.88. The van der Waals surface area contributed by atoms with Crippen molar-refractivity contribution >= 4 is 5.84 Å². The lowest BCUT2D eigenvalue weighted by Crippen LogP contribution is -2.40. The standard InChI is InChI=1S/C25H31N3O2/c1-6-7-25(26-18(2)27(3)4)28-15-14-20-17-22(30-5)12-13-23(20)24(28)16-19-8-10-21(29)11-9-19/h6-13,17,24,29H,2,14-16H2,1,3-5H3/b7-6-,26-25+. The highest BCUT2D eigenvalue weighted by Gasteiger charge is 2.29. The van der Waals surface area contributed by atoms with E-state index < -0.39 is 0 Å². The van der Waals surface area contributed by atoms with E-state index in [1.807, 2.05) is 56.3 Å². The quantitative estimate of drug-likeness (QED) is 0.566. The minimum atomic E-state index is 0.120. The number of rotatable bonds is 6. The van der Waals surface area contributed by atoms with Crippen LogP contribution in [0.3, 0.4) is 0 Å². The Hall–Kier alpha value is -3.21. The van der Waals surface area contributed by atoms with Gasteiger partial charge in [-0.05, 0) is 66.8 Å². The van der Waals surface area contributed by atoms with Crippen LogP contribution < -0.4 is 4.74 Å². The number of fused-ring (bicyclic) bond motifs is 1. The van der Waals surface area contributed by atoms with Gasteiger partial charge < -0.3 is 19.6 Å². The Balaban J connectivity index is 2.05. The van der Waals surface area contributed by atoms with Crippen molar-refractivity contribution < 1.29 is 9.84 Å². The number of aliphatic imine (C=N–C) groups is 1. The molecule has 1 heterocycles. The summed E-state index contributed by atoms with van der Waals surface area (Å²) in [4.78, 5) is 9.10. The van der Waals surface area contributed by atoms with Crippen LogP contribution >= 0.6 is 0 Å². The minimum Gasteiger partial charge on any atom is -0.508 e. The van der Waals surface area contributed by atoms with Crippen LogP contribution in [0.1, 0.15) is 29.7 Å². The molecule has 0 saturated carbocycles. The number of nitrogens with zero attached hydrogens (tertiary/aromatic N) is 3. The lowest BCUT2D eigenvalue weighted by Gasteiger charge is -2.39. The van der Waals surface area contributed by atoms with Crippen LogP contribution in [0.2, 0.25) is 0 Å². The highest BCUT2D eigenvalue weighted by Crippen LogP contribution is 2.35. The molecular weight excluding hydrogens is 374 g/mol. The van der Waals surface area contributed by atoms with E-state index in [2.05, 4.69) is 23.6 Å². The Morgan fingerprint density at radius 1 is 1.27 bits per heavy atom. The molecule has 30 heavy (non-hydrogen) atoms. The molecule has 5 nitrogen and oxygen atoms in total. The van der Waals surface area contributed by atoms with Crippen molar-refractivity contribution in [3.63, 3.8) is 0 Å². The average Bonchev–Trinajstić information content (AvgIpc) is 2.74. The third-order valence-corrected chi connectivity index (χ3v) is 5.44. The van der Waals surface area contributed by atoms with Gasteiger partial charge in [0.05, 0.1) is 13.2 Å². The number of allylic oxidation sites excluding steroid dienone is 1. The molecule has 2 aromatic carbocycles. The van der Waals surface area contributed by atoms with Crippen molar-refractivity contribution in [3.8, 4) is 11.5 Å². The fourth-order valence-electron chi connectivity index (χ4n) is 3.74. The fourth-order valence-corrected chi connectivity index (χ4v) is 3.74. The number of phenols is 1. The summed E-state index contributed by atoms with van der Waals surface area (Å²) >= 11 is 0. The summed E-state index contributed by atoms with van der Waals surface area (Å²) in [5.74, 6) is 2.78. The van der Waals surface area contributed by atoms with Gasteiger partial charge in [-0.3, -0.25) is 0 Å². The topological polar surface area (TPSA) is 48.3 Å². The second kappa shape index (κ2) is 9.53. The third kappa shape index (κ3) is 4.85. The molecule has 158 valence electrons. The summed E-state index contributed by atoms with van der Waals surface area (Å²) in [5, 5.41) is 9.67. The van der Waals surface area contributed by atoms with Gasteiger partial charge in [0.2, 0.25) is 0 Å². The van der Waals surface area contributed by atoms with E-state index in [9.17, 15) is 5.11 Å². The number of hydrogen-bond acceptors (Lipinski definition) is 4. The largest absolute Gasteiger partial charge is 0.508 e. The molecule has 3 rings (SSSR count). The van der Waals surface area contributed by atoms with Gasteiger partial charge in [-0.1, -0.05) is 30.9 Å². The Kier molecular flexibility index (Phi) is 6.83. The number of phenolic OH excluding ortho intramolecular Hbond substituents is 1. The normalized spacial score (nSPS) is 16.5. The third-order valence-electron chi connectivity index (χ3n) is 5.44. The number of amidine groups is 1. The first-order valence-electron chi connectivity index (χ1n) is 10.2. The van der Waals surface area contributed by atoms with Crippen molar-refractivity contribution in [3.05, 3.63) is 83.7 Å². The van der Waals surface area contributed by atoms with Crippen LogP contribution in [0, 0.1) is 0 Å². The predicted octanol–water partition coefficient (Wildman–Crippen LogP) is 4.55. The molecule has 0 saturated heterocycles. The van der Waals surface area contributed by atoms with Crippen LogP contribution in [-0.2, 0) is 12.8 Å². The minimum absolute atomic E-state index is 0.120. The van der Waals surface area contributed by atoms with Crippen molar-refractivity contribution in [1.29, 1.82) is 0 Å². The maximum atomic E-state index is 9.67. The molecule has 1 atom stereocenters. The Morgan fingerprint density at radius 3 is 2.63 bits per heavy atom. The summed E-state index contributed by atoms with van der Waals surface area (Å²) in [7, 11) is 5.60. The number of aromatic hydroxyl groups is 1. The van der Waals surface area contributed by atoms with E-state index in [1.54, 1.807) is 19.2 Å². The maximum Gasteiger partial charge on any atom is 0.131 e. The molecule has 1 unspecified atom stereocenters. The first-order valence-corrected chi connectivity index (χ1v) is 10.2. The monoisotopic (exact) mass is 405 g/mol. The van der Waals surface area contributed by atoms with E-state index in [0.29, 0.717) is 5.82 Å². The van der Waals surface area contributed by atoms with Crippen LogP contribution in [0.5, 0.6) is 11.5 Å². The maximum absolute atomic E-state index is 9.67. The Bertz CT molecular complexity index is 945. The van der Waals surface area contributed by atoms with Gasteiger partial charge >= 0.3 is 0 Å². The molecule has 1 aliphatic rings. The summed E-state index contributed by atoms with van der Waals surface area (Å²) < 4.78 is 5.45. The van der Waals surface area contributed by atoms with Gasteiger partial charge in [-0.25, -0.2) is 4.99 Å². The van der Waals surface area contributed by atoms with Crippen LogP contribution in [0.25, 0.3) is 0 Å². The van der Waals surface area contributed by atoms with E-state index in [0.717, 1.165) is 36.5 Å². The summed E-state index contributed by atoms with van der Waals surface area (Å²) in [5.41, 5.74) is 3.75. The van der Waals surface area contributed by atoms with Gasteiger partial charge in [-0.15, -0.1) is 0 Å². The van der Waals surface area contributed by atoms with E-state index in [4.69, 9.17) is 9.73 Å². The molecule has 0 radical (unpaired) electrons. The van der Waals surface area contributed by atoms with E-state index in [1.165, 1.54) is 11.1 Å². The predicted molar refractivity (Wildman–Crippen MR) is 123 cm³/mol. The van der Waals surface area contributed by atoms with Crippen molar-refractivity contribution in [2.24, 2.45) is 4.99 Å². The van der Waals surface area contributed by atoms with Gasteiger partial charge in [0.25, 0.3) is 0 Å². The molecular formula is C25H31N3O2. The van der Waals surface area contributed by atoms with Crippen LogP contribution in [-0.4, -0.2) is 48.5 Å². The second-order valence-electron chi connectivity index (χ2n) is 7.68. The molecule has 0 aromatic heterocycles. The molecule has 0 amide bonds. The molecule has 0 fully saturated rings. The second-order valence-corrected chi connectivity index (χ2v) is 7.68. The van der Waals surface area contributed by atoms with Crippen LogP contribution in [0.15, 0.2) is 72.0 Å². The lowest BCUT2D eigenvalue weighted by molar-refractivity contribution is 0.296. The summed E-state index contributed by atoms with van der Waals surface area (Å²) in [6.07, 6.45) is 5.80. The molecule has 2 aromatic rings. The number of hydrogen-bond donors (Lipinski definition) is 1. The molecule has 0 spiro atoms. The first-order chi connectivity index (χ1) is 14.4. The van der Waals surface area contributed by atoms with Gasteiger partial charge in [0.1, 0.15) is 23.2 Å². The van der Waals surface area contributed by atoms with Gasteiger partial charge in [-0.2, -0.15) is 0 Å². The zero-order chi connectivity index (χ0) is 21.7. The molecule has 5 heteroatoms. The molecule has 1 N–H and O–H groups in total. The molecule has 0 bridgehead atoms. The summed E-state index contributed by atoms with van der Waals surface area (Å²) in [6.45, 7) is 6.95. The zero-order valence-electron chi connectivity index (χ0n) is 18.3. The van der Waals surface area contributed by atoms with Crippen molar-refractivity contribution in [1.82, 2.24) is 9.80 Å². The Labute approximate surface area is 179 Å². The number of methoxy groups -OCH3 is 1. The number of benzene rings is 2. The Morgan fingerprint density at radius 2 is 2.00 bits per heavy atom. The van der Waals surface area contributed by atoms with Gasteiger partial charge in [0, 0.05) is 20.6 Å². The van der Waals surface area contributed by atoms with Crippen LogP contribution in [0.4, 0.5) is 0 Å². The SMILES string of the molecule is C=C(/N=C(\C=C/C)N1CCc2cc(OC)ccc2C1Cc1ccc(O)cc1)N(C)C. The average molecular weight is 406 g/mol. The van der Waals surface area contributed by atoms with Crippen molar-refractivity contribution in [2.45, 2.75) is 25.8 Å². The highest BCUT2D eigenvalue weighted by atomic mass is 16.5. The molecule has 0 aliphatic carbocycles. The smallest absolute Gasteiger partial charge is 0.131 e. The highest BCUT2D eigenvalue weighted by molar-refractivity contribution is 5.94. The fraction of sp³-hybridized carbons (Fsp3) is 0.320. The first kappa shape index (κ1) is 21.5. The molecule has 1 aliphatic heterocycles. The van der Waals surface area contributed by atoms with E-state index >= 15 is 0 Å². The number of ether oxygens (including phenoxy) is 1. The van der Waals surface area contributed by atoms with E-state index in [-0.39, 0.29) is 11.8 Å². The van der Waals surface area contributed by atoms with Crippen molar-refractivity contribution in [2.75, 3.05) is 27.7 Å². The zero-order valence-corrected chi connectivity index (χ0v) is 18.3. The van der Waals surface area contributed by atoms with Gasteiger partial charge in [0.15, 0.2) is 0 Å². The summed E-state index contributed by atoms with van der Waals surface area (Å²) in [6, 6.07) is 13.9.